The van der Waals surface area contributed by atoms with Gasteiger partial charge in [0.05, 0.1) is 30.5 Å². The highest BCUT2D eigenvalue weighted by Gasteiger charge is 2.16. The van der Waals surface area contributed by atoms with E-state index in [1.54, 1.807) is 35.9 Å². The highest BCUT2D eigenvalue weighted by atomic mass is 35.5. The van der Waals surface area contributed by atoms with E-state index in [9.17, 15) is 9.90 Å². The van der Waals surface area contributed by atoms with Crippen molar-refractivity contribution in [1.29, 1.82) is 0 Å². The van der Waals surface area contributed by atoms with Crippen LogP contribution in [0.15, 0.2) is 36.4 Å². The number of methoxy groups -OCH3 is 2. The van der Waals surface area contributed by atoms with Gasteiger partial charge in [0, 0.05) is 5.56 Å². The van der Waals surface area contributed by atoms with Gasteiger partial charge in [-0.1, -0.05) is 11.6 Å². The summed E-state index contributed by atoms with van der Waals surface area (Å²) in [6.07, 6.45) is 0. The highest BCUT2D eigenvalue weighted by Crippen LogP contribution is 2.32. The lowest BCUT2D eigenvalue weighted by Gasteiger charge is -2.11. The number of aromatic carboxylic acids is 1. The summed E-state index contributed by atoms with van der Waals surface area (Å²) >= 11 is 11.3. The smallest absolute Gasteiger partial charge is 0.337 e. The van der Waals surface area contributed by atoms with Crippen LogP contribution in [-0.2, 0) is 0 Å². The number of ether oxygens (including phenoxy) is 2. The monoisotopic (exact) mass is 391 g/mol. The molecule has 0 unspecified atom stereocenters. The number of halogens is 1. The minimum Gasteiger partial charge on any atom is -0.493 e. The van der Waals surface area contributed by atoms with Crippen molar-refractivity contribution in [3.63, 3.8) is 0 Å². The molecule has 0 bridgehead atoms. The maximum Gasteiger partial charge on any atom is 0.337 e. The van der Waals surface area contributed by atoms with Gasteiger partial charge in [-0.2, -0.15) is 5.10 Å². The van der Waals surface area contributed by atoms with E-state index in [2.05, 4.69) is 10.2 Å². The van der Waals surface area contributed by atoms with Gasteiger partial charge in [0.25, 0.3) is 0 Å². The van der Waals surface area contributed by atoms with Gasteiger partial charge in [0.1, 0.15) is 0 Å². The van der Waals surface area contributed by atoms with E-state index in [4.69, 9.17) is 33.3 Å². The fourth-order valence-electron chi connectivity index (χ4n) is 2.52. The van der Waals surface area contributed by atoms with E-state index >= 15 is 0 Å². The van der Waals surface area contributed by atoms with Crippen molar-refractivity contribution in [2.45, 2.75) is 0 Å². The minimum absolute atomic E-state index is 0.0227. The van der Waals surface area contributed by atoms with E-state index in [0.717, 1.165) is 0 Å². The van der Waals surface area contributed by atoms with Crippen molar-refractivity contribution < 1.29 is 19.4 Å². The van der Waals surface area contributed by atoms with Gasteiger partial charge in [0.2, 0.25) is 0 Å². The number of aromatic amines is 1. The van der Waals surface area contributed by atoms with Crippen LogP contribution in [0.2, 0.25) is 5.02 Å². The molecule has 2 aromatic carbocycles. The molecule has 3 rings (SSSR count). The average molecular weight is 392 g/mol. The number of H-pyrrole nitrogens is 1. The molecule has 0 radical (unpaired) electrons. The summed E-state index contributed by atoms with van der Waals surface area (Å²) in [5.41, 5.74) is 1.21. The first-order valence-electron chi connectivity index (χ1n) is 7.39. The van der Waals surface area contributed by atoms with Crippen LogP contribution >= 0.6 is 23.8 Å². The summed E-state index contributed by atoms with van der Waals surface area (Å²) in [6, 6.07) is 9.93. The van der Waals surface area contributed by atoms with Crippen molar-refractivity contribution in [3.8, 4) is 28.6 Å². The fourth-order valence-corrected chi connectivity index (χ4v) is 2.96. The van der Waals surface area contributed by atoms with Crippen LogP contribution in [0.3, 0.4) is 0 Å². The molecule has 0 saturated heterocycles. The van der Waals surface area contributed by atoms with Crippen LogP contribution in [0, 0.1) is 4.77 Å². The number of benzene rings is 2. The topological polar surface area (TPSA) is 89.4 Å². The van der Waals surface area contributed by atoms with E-state index in [1.165, 1.54) is 19.2 Å². The third-order valence-corrected chi connectivity index (χ3v) is 4.36. The summed E-state index contributed by atoms with van der Waals surface area (Å²) < 4.78 is 12.5. The van der Waals surface area contributed by atoms with Crippen molar-refractivity contribution >= 4 is 29.8 Å². The number of aromatic nitrogens is 3. The molecule has 1 heterocycles. The van der Waals surface area contributed by atoms with Crippen molar-refractivity contribution in [2.24, 2.45) is 0 Å². The zero-order chi connectivity index (χ0) is 18.8. The second-order valence-electron chi connectivity index (χ2n) is 5.23. The van der Waals surface area contributed by atoms with E-state index in [1.807, 2.05) is 0 Å². The summed E-state index contributed by atoms with van der Waals surface area (Å²) in [6.45, 7) is 0. The van der Waals surface area contributed by atoms with Gasteiger partial charge in [-0.15, -0.1) is 0 Å². The fraction of sp³-hybridized carbons (Fsp3) is 0.118. The zero-order valence-electron chi connectivity index (χ0n) is 13.8. The molecule has 0 aliphatic carbocycles. The third-order valence-electron chi connectivity index (χ3n) is 3.75. The Hall–Kier alpha value is -2.84. The zero-order valence-corrected chi connectivity index (χ0v) is 15.4. The second-order valence-corrected chi connectivity index (χ2v) is 6.02. The van der Waals surface area contributed by atoms with Crippen LogP contribution in [0.1, 0.15) is 10.4 Å². The first-order chi connectivity index (χ1) is 12.5. The lowest BCUT2D eigenvalue weighted by Crippen LogP contribution is -2.03. The van der Waals surface area contributed by atoms with Gasteiger partial charge in [0.15, 0.2) is 22.1 Å². The average Bonchev–Trinajstić information content (AvgIpc) is 3.02. The summed E-state index contributed by atoms with van der Waals surface area (Å²) in [5.74, 6) is 0.485. The molecule has 7 nitrogen and oxygen atoms in total. The molecular formula is C17H14ClN3O4S. The summed E-state index contributed by atoms with van der Waals surface area (Å²) in [7, 11) is 3.09. The lowest BCUT2D eigenvalue weighted by atomic mass is 10.1. The van der Waals surface area contributed by atoms with Crippen LogP contribution < -0.4 is 9.47 Å². The molecule has 134 valence electrons. The largest absolute Gasteiger partial charge is 0.493 e. The Kier molecular flexibility index (Phi) is 4.97. The first-order valence-corrected chi connectivity index (χ1v) is 8.18. The van der Waals surface area contributed by atoms with Crippen molar-refractivity contribution in [2.75, 3.05) is 14.2 Å². The number of nitrogens with zero attached hydrogens (tertiary/aromatic N) is 2. The molecule has 0 amide bonds. The standard InChI is InChI=1S/C17H14ClN3O4S/c1-24-13-6-3-9(7-14(13)25-2)15-19-20-17(26)21(15)10-4-5-12(18)11(8-10)16(22)23/h3-8H,1-2H3,(H,20,26)(H,22,23). The predicted octanol–water partition coefficient (Wildman–Crippen LogP) is 3.97. The molecule has 0 atom stereocenters. The summed E-state index contributed by atoms with van der Waals surface area (Å²) in [5, 5.41) is 16.4. The van der Waals surface area contributed by atoms with Gasteiger partial charge in [-0.05, 0) is 48.6 Å². The van der Waals surface area contributed by atoms with Gasteiger partial charge in [-0.3, -0.25) is 9.67 Å². The first kappa shape index (κ1) is 18.0. The lowest BCUT2D eigenvalue weighted by molar-refractivity contribution is 0.0697. The Morgan fingerprint density at radius 3 is 2.58 bits per heavy atom. The number of nitrogens with one attached hydrogen (secondary N) is 1. The number of hydrogen-bond donors (Lipinski definition) is 2. The Morgan fingerprint density at radius 1 is 1.19 bits per heavy atom. The van der Waals surface area contributed by atoms with E-state index < -0.39 is 5.97 Å². The Morgan fingerprint density at radius 2 is 1.92 bits per heavy atom. The highest BCUT2D eigenvalue weighted by molar-refractivity contribution is 7.71. The number of carboxylic acid groups (broad SMARTS) is 1. The SMILES string of the molecule is COc1ccc(-c2n[nH]c(=S)n2-c2ccc(Cl)c(C(=O)O)c2)cc1OC. The molecule has 0 saturated carbocycles. The number of hydrogen-bond acceptors (Lipinski definition) is 5. The van der Waals surface area contributed by atoms with Crippen LogP contribution in [0.4, 0.5) is 0 Å². The second kappa shape index (κ2) is 7.19. The molecule has 0 aliphatic heterocycles. The molecule has 1 aromatic heterocycles. The molecule has 9 heteroatoms. The molecule has 0 aliphatic rings. The minimum atomic E-state index is -1.13. The third kappa shape index (κ3) is 3.16. The Labute approximate surface area is 158 Å². The van der Waals surface area contributed by atoms with Crippen LogP contribution in [0.25, 0.3) is 17.1 Å². The molecular weight excluding hydrogens is 378 g/mol. The van der Waals surface area contributed by atoms with Crippen molar-refractivity contribution in [1.82, 2.24) is 14.8 Å². The summed E-state index contributed by atoms with van der Waals surface area (Å²) in [4.78, 5) is 11.4. The number of carboxylic acids is 1. The molecule has 2 N–H and O–H groups in total. The van der Waals surface area contributed by atoms with Gasteiger partial charge in [-0.25, -0.2) is 4.79 Å². The predicted molar refractivity (Wildman–Crippen MR) is 99.3 cm³/mol. The molecule has 0 spiro atoms. The van der Waals surface area contributed by atoms with E-state index in [-0.39, 0.29) is 10.6 Å². The molecule has 0 fully saturated rings. The van der Waals surface area contributed by atoms with Crippen LogP contribution in [-0.4, -0.2) is 40.1 Å². The quantitative estimate of drug-likeness (QED) is 0.640. The number of rotatable bonds is 5. The Balaban J connectivity index is 2.19. The molecule has 3 aromatic rings. The molecule has 26 heavy (non-hydrogen) atoms. The van der Waals surface area contributed by atoms with E-state index in [0.29, 0.717) is 33.3 Å². The van der Waals surface area contributed by atoms with Gasteiger partial charge < -0.3 is 14.6 Å². The normalized spacial score (nSPS) is 10.6. The van der Waals surface area contributed by atoms with Gasteiger partial charge >= 0.3 is 5.97 Å². The Bertz CT molecular complexity index is 1040. The maximum atomic E-state index is 11.4. The van der Waals surface area contributed by atoms with Crippen molar-refractivity contribution in [3.05, 3.63) is 51.8 Å². The number of carbonyl (C=O) groups is 1. The van der Waals surface area contributed by atoms with Crippen LogP contribution in [0.5, 0.6) is 11.5 Å². The maximum absolute atomic E-state index is 11.4.